The molecule has 0 aliphatic rings. The Morgan fingerprint density at radius 3 is 2.43 bits per heavy atom. The highest BCUT2D eigenvalue weighted by Crippen LogP contribution is 2.20. The summed E-state index contributed by atoms with van der Waals surface area (Å²) in [4.78, 5) is 12.0. The van der Waals surface area contributed by atoms with Crippen molar-refractivity contribution < 1.29 is 9.18 Å². The van der Waals surface area contributed by atoms with Crippen molar-refractivity contribution in [3.63, 3.8) is 0 Å². The Balaban J connectivity index is 2.12. The van der Waals surface area contributed by atoms with E-state index in [0.717, 1.165) is 0 Å². The summed E-state index contributed by atoms with van der Waals surface area (Å²) in [5, 5.41) is 4.66. The maximum atomic E-state index is 12.8. The number of halogens is 3. The molecule has 0 unspecified atom stereocenters. The van der Waals surface area contributed by atoms with Gasteiger partial charge in [0.05, 0.1) is 16.3 Å². The number of amides is 1. The number of benzene rings is 2. The highest BCUT2D eigenvalue weighted by Gasteiger charge is 2.10. The van der Waals surface area contributed by atoms with Crippen LogP contribution >= 0.6 is 23.2 Å². The Labute approximate surface area is 131 Å². The van der Waals surface area contributed by atoms with Crippen molar-refractivity contribution in [1.82, 2.24) is 5.43 Å². The first-order valence-electron chi connectivity index (χ1n) is 6.03. The van der Waals surface area contributed by atoms with Gasteiger partial charge in [0.2, 0.25) is 0 Å². The molecule has 0 spiro atoms. The lowest BCUT2D eigenvalue weighted by molar-refractivity contribution is 0.0955. The monoisotopic (exact) mass is 324 g/mol. The largest absolute Gasteiger partial charge is 0.272 e. The smallest absolute Gasteiger partial charge is 0.267 e. The SMILES string of the molecule is CC(=NNC(=O)c1ccc(Cl)cc1Cl)c1ccc(F)cc1. The van der Waals surface area contributed by atoms with Gasteiger partial charge in [0.25, 0.3) is 5.91 Å². The summed E-state index contributed by atoms with van der Waals surface area (Å²) >= 11 is 11.7. The number of nitrogens with zero attached hydrogens (tertiary/aromatic N) is 1. The van der Waals surface area contributed by atoms with Gasteiger partial charge in [0.1, 0.15) is 5.82 Å². The third kappa shape index (κ3) is 4.03. The van der Waals surface area contributed by atoms with Crippen LogP contribution in [0.25, 0.3) is 0 Å². The van der Waals surface area contributed by atoms with Crippen molar-refractivity contribution >= 4 is 34.8 Å². The van der Waals surface area contributed by atoms with E-state index in [1.807, 2.05) is 0 Å². The molecule has 0 aliphatic heterocycles. The van der Waals surface area contributed by atoms with E-state index in [1.54, 1.807) is 25.1 Å². The third-order valence-corrected chi connectivity index (χ3v) is 3.31. The number of carbonyl (C=O) groups excluding carboxylic acids is 1. The molecule has 1 N–H and O–H groups in total. The molecule has 0 atom stereocenters. The van der Waals surface area contributed by atoms with E-state index in [4.69, 9.17) is 23.2 Å². The quantitative estimate of drug-likeness (QED) is 0.664. The fourth-order valence-electron chi connectivity index (χ4n) is 1.62. The Kier molecular flexibility index (Phi) is 4.94. The summed E-state index contributed by atoms with van der Waals surface area (Å²) in [7, 11) is 0. The second kappa shape index (κ2) is 6.70. The molecule has 2 aromatic carbocycles. The maximum Gasteiger partial charge on any atom is 0.272 e. The molecule has 6 heteroatoms. The first-order valence-corrected chi connectivity index (χ1v) is 6.78. The zero-order chi connectivity index (χ0) is 15.4. The summed E-state index contributed by atoms with van der Waals surface area (Å²) < 4.78 is 12.8. The van der Waals surface area contributed by atoms with E-state index in [-0.39, 0.29) is 16.4 Å². The lowest BCUT2D eigenvalue weighted by atomic mass is 10.1. The maximum absolute atomic E-state index is 12.8. The molecule has 0 heterocycles. The van der Waals surface area contributed by atoms with Crippen molar-refractivity contribution in [3.8, 4) is 0 Å². The minimum absolute atomic E-state index is 0.245. The molecule has 0 aromatic heterocycles. The van der Waals surface area contributed by atoms with Gasteiger partial charge < -0.3 is 0 Å². The van der Waals surface area contributed by atoms with Crippen LogP contribution in [0.2, 0.25) is 10.0 Å². The van der Waals surface area contributed by atoms with Gasteiger partial charge in [0, 0.05) is 5.02 Å². The van der Waals surface area contributed by atoms with Crippen LogP contribution in [0, 0.1) is 5.82 Å². The Morgan fingerprint density at radius 2 is 1.81 bits per heavy atom. The molecule has 2 rings (SSSR count). The molecule has 0 aliphatic carbocycles. The van der Waals surface area contributed by atoms with Gasteiger partial charge in [-0.2, -0.15) is 5.10 Å². The van der Waals surface area contributed by atoms with E-state index in [0.29, 0.717) is 16.3 Å². The molecule has 2 aromatic rings. The topological polar surface area (TPSA) is 41.5 Å². The van der Waals surface area contributed by atoms with Crippen molar-refractivity contribution in [2.24, 2.45) is 5.10 Å². The number of hydrazone groups is 1. The average molecular weight is 325 g/mol. The fraction of sp³-hybridized carbons (Fsp3) is 0.0667. The minimum atomic E-state index is -0.446. The predicted molar refractivity (Wildman–Crippen MR) is 82.5 cm³/mol. The van der Waals surface area contributed by atoms with Gasteiger partial charge in [-0.25, -0.2) is 9.82 Å². The zero-order valence-electron chi connectivity index (χ0n) is 11.0. The third-order valence-electron chi connectivity index (χ3n) is 2.76. The summed E-state index contributed by atoms with van der Waals surface area (Å²) in [6.07, 6.45) is 0. The molecule has 0 fully saturated rings. The molecule has 0 saturated carbocycles. The van der Waals surface area contributed by atoms with Crippen LogP contribution < -0.4 is 5.43 Å². The number of carbonyl (C=O) groups is 1. The number of hydrogen-bond donors (Lipinski definition) is 1. The van der Waals surface area contributed by atoms with Crippen molar-refractivity contribution in [1.29, 1.82) is 0 Å². The fourth-order valence-corrected chi connectivity index (χ4v) is 2.12. The molecular weight excluding hydrogens is 314 g/mol. The highest BCUT2D eigenvalue weighted by atomic mass is 35.5. The second-order valence-electron chi connectivity index (χ2n) is 4.27. The average Bonchev–Trinajstić information content (AvgIpc) is 2.45. The van der Waals surface area contributed by atoms with Crippen molar-refractivity contribution in [2.45, 2.75) is 6.92 Å². The summed E-state index contributed by atoms with van der Waals surface area (Å²) in [6, 6.07) is 10.4. The Bertz CT molecular complexity index is 699. The van der Waals surface area contributed by atoms with Gasteiger partial charge in [-0.1, -0.05) is 35.3 Å². The first-order chi connectivity index (χ1) is 9.97. The summed E-state index contributed by atoms with van der Waals surface area (Å²) in [5.41, 5.74) is 3.93. The number of nitrogens with one attached hydrogen (secondary N) is 1. The van der Waals surface area contributed by atoms with E-state index in [1.165, 1.54) is 24.3 Å². The van der Waals surface area contributed by atoms with E-state index < -0.39 is 5.91 Å². The minimum Gasteiger partial charge on any atom is -0.267 e. The lowest BCUT2D eigenvalue weighted by Crippen LogP contribution is -2.19. The molecule has 0 saturated heterocycles. The molecule has 1 amide bonds. The van der Waals surface area contributed by atoms with E-state index >= 15 is 0 Å². The van der Waals surface area contributed by atoms with Crippen molar-refractivity contribution in [3.05, 3.63) is 69.5 Å². The zero-order valence-corrected chi connectivity index (χ0v) is 12.5. The van der Waals surface area contributed by atoms with Gasteiger partial charge in [0.15, 0.2) is 0 Å². The number of rotatable bonds is 3. The molecule has 0 bridgehead atoms. The van der Waals surface area contributed by atoms with Crippen LogP contribution in [0.5, 0.6) is 0 Å². The van der Waals surface area contributed by atoms with Crippen LogP contribution in [-0.4, -0.2) is 11.6 Å². The first kappa shape index (κ1) is 15.5. The Morgan fingerprint density at radius 1 is 1.14 bits per heavy atom. The predicted octanol–water partition coefficient (Wildman–Crippen LogP) is 4.29. The molecular formula is C15H11Cl2FN2O. The molecule has 0 radical (unpaired) electrons. The second-order valence-corrected chi connectivity index (χ2v) is 5.11. The van der Waals surface area contributed by atoms with Gasteiger partial charge >= 0.3 is 0 Å². The molecule has 3 nitrogen and oxygen atoms in total. The Hall–Kier alpha value is -1.91. The van der Waals surface area contributed by atoms with Crippen LogP contribution in [0.4, 0.5) is 4.39 Å². The summed E-state index contributed by atoms with van der Waals surface area (Å²) in [5.74, 6) is -0.776. The summed E-state index contributed by atoms with van der Waals surface area (Å²) in [6.45, 7) is 1.71. The van der Waals surface area contributed by atoms with E-state index in [2.05, 4.69) is 10.5 Å². The van der Waals surface area contributed by atoms with Crippen LogP contribution in [0.15, 0.2) is 47.6 Å². The van der Waals surface area contributed by atoms with E-state index in [9.17, 15) is 9.18 Å². The van der Waals surface area contributed by atoms with Crippen molar-refractivity contribution in [2.75, 3.05) is 0 Å². The molecule has 21 heavy (non-hydrogen) atoms. The normalized spacial score (nSPS) is 11.3. The number of hydrogen-bond acceptors (Lipinski definition) is 2. The lowest BCUT2D eigenvalue weighted by Gasteiger charge is -2.05. The van der Waals surface area contributed by atoms with Crippen LogP contribution in [0.1, 0.15) is 22.8 Å². The standard InChI is InChI=1S/C15H11Cl2FN2O/c1-9(10-2-5-12(18)6-3-10)19-20-15(21)13-7-4-11(16)8-14(13)17/h2-8H,1H3,(H,20,21). The van der Waals surface area contributed by atoms with Gasteiger partial charge in [-0.3, -0.25) is 4.79 Å². The molecule has 108 valence electrons. The van der Waals surface area contributed by atoms with Gasteiger partial charge in [-0.05, 0) is 42.8 Å². The van der Waals surface area contributed by atoms with Crippen LogP contribution in [0.3, 0.4) is 0 Å². The van der Waals surface area contributed by atoms with Crippen LogP contribution in [-0.2, 0) is 0 Å². The highest BCUT2D eigenvalue weighted by molar-refractivity contribution is 6.36. The van der Waals surface area contributed by atoms with Gasteiger partial charge in [-0.15, -0.1) is 0 Å².